The predicted octanol–water partition coefficient (Wildman–Crippen LogP) is 3.29. The van der Waals surface area contributed by atoms with Gasteiger partial charge in [-0.25, -0.2) is 4.79 Å². The molecule has 21 heavy (non-hydrogen) atoms. The number of alkyl halides is 5. The SMILES string of the molecule is COC(=O)c1c(NC(=O)C(F)(F)C(F)(F)F)sc(C)c1C. The molecule has 10 heteroatoms. The minimum Gasteiger partial charge on any atom is -0.465 e. The molecule has 0 aromatic carbocycles. The maximum atomic E-state index is 12.9. The molecule has 0 saturated carbocycles. The standard InChI is InChI=1S/C11H10F5NO3S/c1-4-5(2)21-7(6(4)8(18)20-3)17-9(19)10(12,13)11(14,15)16/h1-3H3,(H,17,19). The fourth-order valence-corrected chi connectivity index (χ4v) is 2.42. The lowest BCUT2D eigenvalue weighted by Crippen LogP contribution is -2.47. The molecule has 1 rings (SSSR count). The number of aryl methyl sites for hydroxylation is 1. The number of carbonyl (C=O) groups excluding carboxylic acids is 2. The van der Waals surface area contributed by atoms with Gasteiger partial charge >= 0.3 is 24.0 Å². The van der Waals surface area contributed by atoms with E-state index < -0.39 is 29.0 Å². The molecule has 4 nitrogen and oxygen atoms in total. The molecule has 0 radical (unpaired) electrons. The number of esters is 1. The number of thiophene rings is 1. The van der Waals surface area contributed by atoms with E-state index in [-0.39, 0.29) is 5.56 Å². The summed E-state index contributed by atoms with van der Waals surface area (Å²) in [5.41, 5.74) is 0.0869. The largest absolute Gasteiger partial charge is 0.465 e. The highest BCUT2D eigenvalue weighted by molar-refractivity contribution is 7.16. The van der Waals surface area contributed by atoms with E-state index in [0.717, 1.165) is 7.11 Å². The second-order valence-electron chi connectivity index (χ2n) is 4.01. The first kappa shape index (κ1) is 17.3. The third kappa shape index (κ3) is 3.14. The number of methoxy groups -OCH3 is 1. The van der Waals surface area contributed by atoms with Crippen LogP contribution >= 0.6 is 11.3 Å². The fourth-order valence-electron chi connectivity index (χ4n) is 1.37. The first-order chi connectivity index (χ1) is 9.43. The number of carbonyl (C=O) groups is 2. The minimum absolute atomic E-state index is 0.244. The summed E-state index contributed by atoms with van der Waals surface area (Å²) < 4.78 is 66.5. The molecule has 0 aliphatic rings. The monoisotopic (exact) mass is 331 g/mol. The van der Waals surface area contributed by atoms with E-state index >= 15 is 0 Å². The summed E-state index contributed by atoms with van der Waals surface area (Å²) >= 11 is 0.706. The van der Waals surface area contributed by atoms with Gasteiger partial charge < -0.3 is 10.1 Å². The lowest BCUT2D eigenvalue weighted by atomic mass is 10.1. The first-order valence-electron chi connectivity index (χ1n) is 5.37. The Morgan fingerprint density at radius 1 is 1.14 bits per heavy atom. The van der Waals surface area contributed by atoms with Crippen LogP contribution in [-0.4, -0.2) is 31.1 Å². The van der Waals surface area contributed by atoms with Crippen LogP contribution in [0.25, 0.3) is 0 Å². The van der Waals surface area contributed by atoms with Gasteiger partial charge in [0.1, 0.15) is 5.00 Å². The number of ether oxygens (including phenoxy) is 1. The van der Waals surface area contributed by atoms with E-state index in [0.29, 0.717) is 21.8 Å². The maximum Gasteiger partial charge on any atom is 0.463 e. The Labute approximate surface area is 119 Å². The van der Waals surface area contributed by atoms with Crippen molar-refractivity contribution in [2.24, 2.45) is 0 Å². The summed E-state index contributed by atoms with van der Waals surface area (Å²) in [4.78, 5) is 23.1. The quantitative estimate of drug-likeness (QED) is 0.683. The van der Waals surface area contributed by atoms with Gasteiger partial charge in [-0.05, 0) is 19.4 Å². The molecule has 0 unspecified atom stereocenters. The molecule has 1 N–H and O–H groups in total. The zero-order valence-corrected chi connectivity index (χ0v) is 11.8. The maximum absolute atomic E-state index is 12.9. The van der Waals surface area contributed by atoms with Crippen LogP contribution in [0.5, 0.6) is 0 Å². The molecular formula is C11H10F5NO3S. The number of anilines is 1. The molecule has 118 valence electrons. The van der Waals surface area contributed by atoms with Crippen molar-refractivity contribution in [3.05, 3.63) is 16.0 Å². The highest BCUT2D eigenvalue weighted by atomic mass is 32.1. The molecule has 0 atom stereocenters. The highest BCUT2D eigenvalue weighted by Gasteiger charge is 2.63. The van der Waals surface area contributed by atoms with E-state index in [2.05, 4.69) is 4.74 Å². The Kier molecular flexibility index (Phi) is 4.61. The Morgan fingerprint density at radius 2 is 1.67 bits per heavy atom. The van der Waals surface area contributed by atoms with E-state index in [9.17, 15) is 31.5 Å². The van der Waals surface area contributed by atoms with Gasteiger partial charge in [-0.2, -0.15) is 22.0 Å². The molecule has 0 saturated heterocycles. The number of amides is 1. The molecule has 0 fully saturated rings. The van der Waals surface area contributed by atoms with Crippen molar-refractivity contribution in [2.45, 2.75) is 25.9 Å². The van der Waals surface area contributed by atoms with Crippen LogP contribution in [0, 0.1) is 13.8 Å². The van der Waals surface area contributed by atoms with Crippen LogP contribution < -0.4 is 5.32 Å². The number of halogens is 5. The number of hydrogen-bond donors (Lipinski definition) is 1. The van der Waals surface area contributed by atoms with Gasteiger partial charge in [0.25, 0.3) is 0 Å². The Morgan fingerprint density at radius 3 is 2.10 bits per heavy atom. The lowest BCUT2D eigenvalue weighted by molar-refractivity contribution is -0.267. The van der Waals surface area contributed by atoms with E-state index in [1.54, 1.807) is 0 Å². The van der Waals surface area contributed by atoms with Gasteiger partial charge in [0.15, 0.2) is 0 Å². The summed E-state index contributed by atoms with van der Waals surface area (Å²) in [6, 6.07) is 0. The molecule has 0 spiro atoms. The van der Waals surface area contributed by atoms with Crippen LogP contribution in [0.1, 0.15) is 20.8 Å². The highest BCUT2D eigenvalue weighted by Crippen LogP contribution is 2.38. The molecule has 1 aromatic rings. The van der Waals surface area contributed by atoms with Crippen molar-refractivity contribution in [2.75, 3.05) is 12.4 Å². The van der Waals surface area contributed by atoms with Crippen molar-refractivity contribution in [1.29, 1.82) is 0 Å². The van der Waals surface area contributed by atoms with Gasteiger partial charge in [-0.1, -0.05) is 0 Å². The zero-order chi connectivity index (χ0) is 16.6. The molecule has 1 aromatic heterocycles. The topological polar surface area (TPSA) is 55.4 Å². The second kappa shape index (κ2) is 5.58. The van der Waals surface area contributed by atoms with Gasteiger partial charge in [0.05, 0.1) is 12.7 Å². The number of rotatable bonds is 3. The van der Waals surface area contributed by atoms with Crippen LogP contribution in [0.2, 0.25) is 0 Å². The minimum atomic E-state index is -6.02. The van der Waals surface area contributed by atoms with E-state index in [1.807, 2.05) is 0 Å². The third-order valence-electron chi connectivity index (χ3n) is 2.64. The molecule has 0 aliphatic carbocycles. The Hall–Kier alpha value is -1.71. The first-order valence-corrected chi connectivity index (χ1v) is 6.19. The van der Waals surface area contributed by atoms with Crippen molar-refractivity contribution >= 4 is 28.2 Å². The smallest absolute Gasteiger partial charge is 0.463 e. The van der Waals surface area contributed by atoms with Crippen LogP contribution in [0.4, 0.5) is 27.0 Å². The van der Waals surface area contributed by atoms with Crippen molar-refractivity contribution in [1.82, 2.24) is 0 Å². The molecule has 1 amide bonds. The molecule has 0 aliphatic heterocycles. The summed E-state index contributed by atoms with van der Waals surface area (Å²) in [5.74, 6) is -9.06. The van der Waals surface area contributed by atoms with E-state index in [4.69, 9.17) is 0 Å². The fraction of sp³-hybridized carbons (Fsp3) is 0.455. The number of nitrogens with one attached hydrogen (secondary N) is 1. The molecular weight excluding hydrogens is 321 g/mol. The lowest BCUT2D eigenvalue weighted by Gasteiger charge is -2.18. The second-order valence-corrected chi connectivity index (χ2v) is 5.23. The normalized spacial score (nSPS) is 12.2. The van der Waals surface area contributed by atoms with Crippen LogP contribution in [0.3, 0.4) is 0 Å². The summed E-state index contributed by atoms with van der Waals surface area (Å²) in [6.07, 6.45) is -6.02. The van der Waals surface area contributed by atoms with Gasteiger partial charge in [-0.3, -0.25) is 4.79 Å². The van der Waals surface area contributed by atoms with Crippen LogP contribution in [-0.2, 0) is 9.53 Å². The average molecular weight is 331 g/mol. The van der Waals surface area contributed by atoms with Crippen molar-refractivity contribution < 1.29 is 36.3 Å². The van der Waals surface area contributed by atoms with Crippen LogP contribution in [0.15, 0.2) is 0 Å². The summed E-state index contributed by atoms with van der Waals surface area (Å²) in [7, 11) is 1.02. The van der Waals surface area contributed by atoms with E-state index in [1.165, 1.54) is 19.2 Å². The summed E-state index contributed by atoms with van der Waals surface area (Å²) in [6.45, 7) is 2.97. The number of hydrogen-bond acceptors (Lipinski definition) is 4. The third-order valence-corrected chi connectivity index (χ3v) is 3.77. The average Bonchev–Trinajstić information content (AvgIpc) is 2.62. The van der Waals surface area contributed by atoms with Gasteiger partial charge in [0, 0.05) is 4.88 Å². The Bertz CT molecular complexity index is 579. The Balaban J connectivity index is 3.18. The predicted molar refractivity (Wildman–Crippen MR) is 64.8 cm³/mol. The van der Waals surface area contributed by atoms with Gasteiger partial charge in [-0.15, -0.1) is 11.3 Å². The molecule has 0 bridgehead atoms. The summed E-state index contributed by atoms with van der Waals surface area (Å²) in [5, 5.41) is 1.03. The zero-order valence-electron chi connectivity index (χ0n) is 11.0. The molecule has 1 heterocycles. The van der Waals surface area contributed by atoms with Crippen molar-refractivity contribution in [3.8, 4) is 0 Å². The van der Waals surface area contributed by atoms with Crippen molar-refractivity contribution in [3.63, 3.8) is 0 Å². The van der Waals surface area contributed by atoms with Gasteiger partial charge in [0.2, 0.25) is 0 Å².